The lowest BCUT2D eigenvalue weighted by atomic mass is 9.73. The highest BCUT2D eigenvalue weighted by Crippen LogP contribution is 2.33. The van der Waals surface area contributed by atoms with Crippen LogP contribution in [0.5, 0.6) is 0 Å². The predicted molar refractivity (Wildman–Crippen MR) is 50.7 cm³/mol. The third kappa shape index (κ3) is 1.99. The standard InChI is InChI=1S/C10H21NO/c1-7(2)9(6-12)10(11)8-4-3-5-8/h7-10,12H,3-6,11H2,1-2H3. The van der Waals surface area contributed by atoms with Gasteiger partial charge in [-0.15, -0.1) is 0 Å². The fourth-order valence-corrected chi connectivity index (χ4v) is 1.95. The Labute approximate surface area is 75.2 Å². The molecule has 2 nitrogen and oxygen atoms in total. The number of aliphatic hydroxyl groups excluding tert-OH is 1. The molecule has 0 bridgehead atoms. The van der Waals surface area contributed by atoms with E-state index in [0.29, 0.717) is 17.8 Å². The second-order valence-corrected chi connectivity index (χ2v) is 4.36. The second kappa shape index (κ2) is 4.24. The van der Waals surface area contributed by atoms with Crippen molar-refractivity contribution < 1.29 is 5.11 Å². The van der Waals surface area contributed by atoms with Gasteiger partial charge >= 0.3 is 0 Å². The van der Waals surface area contributed by atoms with Gasteiger partial charge in [-0.3, -0.25) is 0 Å². The van der Waals surface area contributed by atoms with E-state index in [4.69, 9.17) is 10.8 Å². The Morgan fingerprint density at radius 3 is 2.25 bits per heavy atom. The highest BCUT2D eigenvalue weighted by molar-refractivity contribution is 4.86. The summed E-state index contributed by atoms with van der Waals surface area (Å²) in [4.78, 5) is 0. The third-order valence-corrected chi connectivity index (χ3v) is 3.26. The molecule has 2 atom stereocenters. The fraction of sp³-hybridized carbons (Fsp3) is 1.00. The van der Waals surface area contributed by atoms with Crippen molar-refractivity contribution in [1.29, 1.82) is 0 Å². The van der Waals surface area contributed by atoms with E-state index in [1.165, 1.54) is 19.3 Å². The van der Waals surface area contributed by atoms with E-state index in [1.807, 2.05) is 0 Å². The van der Waals surface area contributed by atoms with Crippen molar-refractivity contribution in [1.82, 2.24) is 0 Å². The van der Waals surface area contributed by atoms with Crippen molar-refractivity contribution >= 4 is 0 Å². The third-order valence-electron chi connectivity index (χ3n) is 3.26. The van der Waals surface area contributed by atoms with Gasteiger partial charge in [-0.25, -0.2) is 0 Å². The summed E-state index contributed by atoms with van der Waals surface area (Å²) < 4.78 is 0. The van der Waals surface area contributed by atoms with Gasteiger partial charge in [-0.1, -0.05) is 20.3 Å². The topological polar surface area (TPSA) is 46.2 Å². The minimum absolute atomic E-state index is 0.226. The largest absolute Gasteiger partial charge is 0.396 e. The molecule has 0 radical (unpaired) electrons. The first-order valence-electron chi connectivity index (χ1n) is 5.03. The van der Waals surface area contributed by atoms with E-state index in [9.17, 15) is 0 Å². The number of hydrogen-bond donors (Lipinski definition) is 2. The molecule has 72 valence electrons. The number of aliphatic hydroxyl groups is 1. The Morgan fingerprint density at radius 1 is 1.42 bits per heavy atom. The van der Waals surface area contributed by atoms with Crippen molar-refractivity contribution in [3.8, 4) is 0 Å². The average molecular weight is 171 g/mol. The molecule has 1 fully saturated rings. The second-order valence-electron chi connectivity index (χ2n) is 4.36. The Kier molecular flexibility index (Phi) is 3.53. The van der Waals surface area contributed by atoms with E-state index in [2.05, 4.69) is 13.8 Å². The Balaban J connectivity index is 2.40. The van der Waals surface area contributed by atoms with Gasteiger partial charge in [-0.05, 0) is 30.6 Å². The quantitative estimate of drug-likeness (QED) is 0.671. The summed E-state index contributed by atoms with van der Waals surface area (Å²) in [6.45, 7) is 4.52. The van der Waals surface area contributed by atoms with Gasteiger partial charge in [0.2, 0.25) is 0 Å². The van der Waals surface area contributed by atoms with E-state index >= 15 is 0 Å². The lowest BCUT2D eigenvalue weighted by Gasteiger charge is -2.37. The van der Waals surface area contributed by atoms with Crippen molar-refractivity contribution in [2.75, 3.05) is 6.61 Å². The molecule has 3 N–H and O–H groups in total. The minimum Gasteiger partial charge on any atom is -0.396 e. The van der Waals surface area contributed by atoms with Gasteiger partial charge in [0.25, 0.3) is 0 Å². The van der Waals surface area contributed by atoms with Crippen LogP contribution < -0.4 is 5.73 Å². The monoisotopic (exact) mass is 171 g/mol. The van der Waals surface area contributed by atoms with Crippen LogP contribution in [0.2, 0.25) is 0 Å². The molecule has 0 heterocycles. The van der Waals surface area contributed by atoms with E-state index in [-0.39, 0.29) is 12.6 Å². The Hall–Kier alpha value is -0.0800. The molecule has 0 aliphatic heterocycles. The molecular formula is C10H21NO. The zero-order valence-corrected chi connectivity index (χ0v) is 8.16. The smallest absolute Gasteiger partial charge is 0.0476 e. The average Bonchev–Trinajstić information content (AvgIpc) is 1.83. The van der Waals surface area contributed by atoms with Crippen molar-refractivity contribution in [2.24, 2.45) is 23.5 Å². The van der Waals surface area contributed by atoms with Crippen LogP contribution in [0.25, 0.3) is 0 Å². The molecule has 0 aromatic rings. The molecule has 1 aliphatic carbocycles. The van der Waals surface area contributed by atoms with Crippen LogP contribution in [0.15, 0.2) is 0 Å². The van der Waals surface area contributed by atoms with Crippen LogP contribution in [0.4, 0.5) is 0 Å². The number of rotatable bonds is 4. The summed E-state index contributed by atoms with van der Waals surface area (Å²) in [5, 5.41) is 9.16. The van der Waals surface area contributed by atoms with Gasteiger partial charge in [0, 0.05) is 12.6 Å². The molecule has 1 saturated carbocycles. The Bertz CT molecular complexity index is 132. The summed E-state index contributed by atoms with van der Waals surface area (Å²) in [5.74, 6) is 1.49. The molecule has 1 rings (SSSR count). The maximum absolute atomic E-state index is 9.16. The van der Waals surface area contributed by atoms with E-state index in [1.54, 1.807) is 0 Å². The molecule has 12 heavy (non-hydrogen) atoms. The van der Waals surface area contributed by atoms with Crippen LogP contribution in [0, 0.1) is 17.8 Å². The zero-order chi connectivity index (χ0) is 9.14. The molecule has 0 aromatic carbocycles. The minimum atomic E-state index is 0.226. The molecule has 2 unspecified atom stereocenters. The normalized spacial score (nSPS) is 23.8. The molecule has 0 amide bonds. The first-order chi connectivity index (χ1) is 5.66. The predicted octanol–water partition coefficient (Wildman–Crippen LogP) is 1.38. The maximum atomic E-state index is 9.16. The highest BCUT2D eigenvalue weighted by atomic mass is 16.3. The maximum Gasteiger partial charge on any atom is 0.0476 e. The molecular weight excluding hydrogens is 150 g/mol. The van der Waals surface area contributed by atoms with E-state index < -0.39 is 0 Å². The SMILES string of the molecule is CC(C)C(CO)C(N)C1CCC1. The van der Waals surface area contributed by atoms with Crippen LogP contribution in [0.1, 0.15) is 33.1 Å². The van der Waals surface area contributed by atoms with Crippen molar-refractivity contribution in [3.05, 3.63) is 0 Å². The van der Waals surface area contributed by atoms with Crippen LogP contribution in [-0.4, -0.2) is 17.8 Å². The molecule has 1 aliphatic rings. The fourth-order valence-electron chi connectivity index (χ4n) is 1.95. The molecule has 0 saturated heterocycles. The molecule has 0 spiro atoms. The summed E-state index contributed by atoms with van der Waals surface area (Å²) >= 11 is 0. The summed E-state index contributed by atoms with van der Waals surface area (Å²) in [6.07, 6.45) is 3.86. The lowest BCUT2D eigenvalue weighted by molar-refractivity contribution is 0.113. The number of nitrogens with two attached hydrogens (primary N) is 1. The summed E-state index contributed by atoms with van der Waals surface area (Å²) in [6, 6.07) is 0.226. The molecule has 0 aromatic heterocycles. The van der Waals surface area contributed by atoms with Crippen molar-refractivity contribution in [2.45, 2.75) is 39.2 Å². The van der Waals surface area contributed by atoms with Gasteiger partial charge in [0.05, 0.1) is 0 Å². The summed E-state index contributed by atoms with van der Waals surface area (Å²) in [7, 11) is 0. The van der Waals surface area contributed by atoms with Gasteiger partial charge in [-0.2, -0.15) is 0 Å². The lowest BCUT2D eigenvalue weighted by Crippen LogP contribution is -2.44. The van der Waals surface area contributed by atoms with Crippen LogP contribution >= 0.6 is 0 Å². The highest BCUT2D eigenvalue weighted by Gasteiger charge is 2.31. The van der Waals surface area contributed by atoms with Crippen LogP contribution in [0.3, 0.4) is 0 Å². The van der Waals surface area contributed by atoms with Gasteiger partial charge < -0.3 is 10.8 Å². The zero-order valence-electron chi connectivity index (χ0n) is 8.16. The molecule has 2 heteroatoms. The van der Waals surface area contributed by atoms with Gasteiger partial charge in [0.15, 0.2) is 0 Å². The Morgan fingerprint density at radius 2 is 2.00 bits per heavy atom. The van der Waals surface area contributed by atoms with Gasteiger partial charge in [0.1, 0.15) is 0 Å². The van der Waals surface area contributed by atoms with Crippen molar-refractivity contribution in [3.63, 3.8) is 0 Å². The van der Waals surface area contributed by atoms with E-state index in [0.717, 1.165) is 0 Å². The van der Waals surface area contributed by atoms with Crippen LogP contribution in [-0.2, 0) is 0 Å². The first kappa shape index (κ1) is 10.0. The number of hydrogen-bond acceptors (Lipinski definition) is 2. The first-order valence-corrected chi connectivity index (χ1v) is 5.03. The summed E-state index contributed by atoms with van der Waals surface area (Å²) in [5.41, 5.74) is 6.07.